The van der Waals surface area contributed by atoms with Crippen LogP contribution in [0.1, 0.15) is 50.5 Å². The van der Waals surface area contributed by atoms with Crippen LogP contribution >= 0.6 is 0 Å². The lowest BCUT2D eigenvalue weighted by atomic mass is 9.77. The highest BCUT2D eigenvalue weighted by Crippen LogP contribution is 2.48. The van der Waals surface area contributed by atoms with E-state index in [-0.39, 0.29) is 11.4 Å². The van der Waals surface area contributed by atoms with Crippen molar-refractivity contribution in [2.45, 2.75) is 51.4 Å². The normalized spacial score (nSPS) is 23.5. The number of ether oxygens (including phenoxy) is 2. The first-order chi connectivity index (χ1) is 12.2. The van der Waals surface area contributed by atoms with Gasteiger partial charge in [0.05, 0.1) is 11.6 Å². The van der Waals surface area contributed by atoms with Crippen molar-refractivity contribution in [3.63, 3.8) is 0 Å². The van der Waals surface area contributed by atoms with Gasteiger partial charge in [-0.05, 0) is 45.4 Å². The van der Waals surface area contributed by atoms with Crippen molar-refractivity contribution < 1.29 is 14.6 Å². The summed E-state index contributed by atoms with van der Waals surface area (Å²) in [4.78, 5) is 11.5. The number of rotatable bonds is 3. The van der Waals surface area contributed by atoms with Gasteiger partial charge >= 0.3 is 0 Å². The topological polar surface area (TPSA) is 108 Å². The number of nitriles is 1. The Morgan fingerprint density at radius 3 is 2.77 bits per heavy atom. The van der Waals surface area contributed by atoms with Crippen LogP contribution in [0, 0.1) is 11.3 Å². The molecule has 0 saturated carbocycles. The van der Waals surface area contributed by atoms with E-state index in [1.807, 2.05) is 6.92 Å². The average Bonchev–Trinajstić information content (AvgIpc) is 2.59. The molecule has 7 nitrogen and oxygen atoms in total. The molecule has 26 heavy (non-hydrogen) atoms. The Morgan fingerprint density at radius 1 is 1.38 bits per heavy atom. The van der Waals surface area contributed by atoms with Crippen LogP contribution < -0.4 is 15.0 Å². The number of fused-ring (bicyclic) bond motifs is 1. The Hall–Kier alpha value is -2.85. The van der Waals surface area contributed by atoms with E-state index in [9.17, 15) is 15.2 Å². The highest BCUT2D eigenvalue weighted by molar-refractivity contribution is 5.47. The predicted octanol–water partition coefficient (Wildman–Crippen LogP) is 2.25. The lowest BCUT2D eigenvalue weighted by Crippen LogP contribution is -2.59. The van der Waals surface area contributed by atoms with Gasteiger partial charge in [0.1, 0.15) is 17.0 Å². The molecule has 0 amide bonds. The largest absolute Gasteiger partial charge is 0.484 e. The smallest absolute Gasteiger partial charge is 0.264 e. The Kier molecular flexibility index (Phi) is 4.24. The minimum atomic E-state index is -1.42. The van der Waals surface area contributed by atoms with Gasteiger partial charge in [0, 0.05) is 17.2 Å². The number of aromatic amines is 1. The first kappa shape index (κ1) is 18.0. The van der Waals surface area contributed by atoms with Gasteiger partial charge in [-0.3, -0.25) is 4.79 Å². The number of benzene rings is 1. The molecule has 2 N–H and O–H groups in total. The van der Waals surface area contributed by atoms with Crippen LogP contribution in [0.5, 0.6) is 11.6 Å². The lowest BCUT2D eigenvalue weighted by Gasteiger charge is -2.48. The Balaban J connectivity index is 2.15. The van der Waals surface area contributed by atoms with Gasteiger partial charge in [-0.25, -0.2) is 5.10 Å². The molecule has 1 aliphatic heterocycles. The van der Waals surface area contributed by atoms with E-state index in [0.29, 0.717) is 28.9 Å². The maximum atomic E-state index is 11.5. The molecule has 1 aliphatic rings. The lowest BCUT2D eigenvalue weighted by molar-refractivity contribution is -0.175. The molecule has 7 heteroatoms. The highest BCUT2D eigenvalue weighted by Gasteiger charge is 2.54. The minimum absolute atomic E-state index is 0.239. The summed E-state index contributed by atoms with van der Waals surface area (Å²) in [6.07, 6.45) is -0.287. The molecule has 1 aromatic carbocycles. The van der Waals surface area contributed by atoms with Crippen molar-refractivity contribution in [1.82, 2.24) is 10.2 Å². The quantitative estimate of drug-likeness (QED) is 0.874. The monoisotopic (exact) mass is 355 g/mol. The van der Waals surface area contributed by atoms with Crippen LogP contribution in [0.2, 0.25) is 0 Å². The van der Waals surface area contributed by atoms with Crippen molar-refractivity contribution in [1.29, 1.82) is 5.26 Å². The molecule has 0 fully saturated rings. The van der Waals surface area contributed by atoms with Crippen LogP contribution in [0.15, 0.2) is 29.1 Å². The molecule has 2 atom stereocenters. The van der Waals surface area contributed by atoms with Crippen LogP contribution in [0.4, 0.5) is 0 Å². The summed E-state index contributed by atoms with van der Waals surface area (Å²) >= 11 is 0. The van der Waals surface area contributed by atoms with Crippen molar-refractivity contribution in [2.75, 3.05) is 0 Å². The molecule has 2 aromatic rings. The fourth-order valence-corrected chi connectivity index (χ4v) is 2.99. The van der Waals surface area contributed by atoms with E-state index in [1.54, 1.807) is 39.0 Å². The number of aromatic nitrogens is 2. The number of aryl methyl sites for hydroxylation is 1. The first-order valence-electron chi connectivity index (χ1n) is 8.40. The molecule has 136 valence electrons. The maximum absolute atomic E-state index is 11.5. The molecule has 0 spiro atoms. The van der Waals surface area contributed by atoms with Gasteiger partial charge in [-0.2, -0.15) is 5.26 Å². The SMILES string of the molecule is CCc1cc(=O)[nH]nc1OC1c2cc(C#N)ccc2OC(C)(C)C1(C)O. The predicted molar refractivity (Wildman–Crippen MR) is 94.1 cm³/mol. The van der Waals surface area contributed by atoms with Crippen molar-refractivity contribution in [2.24, 2.45) is 0 Å². The molecule has 2 heterocycles. The van der Waals surface area contributed by atoms with Gasteiger partial charge < -0.3 is 14.6 Å². The van der Waals surface area contributed by atoms with Gasteiger partial charge in [-0.15, -0.1) is 5.10 Å². The first-order valence-corrected chi connectivity index (χ1v) is 8.40. The molecular formula is C19H21N3O4. The third-order valence-electron chi connectivity index (χ3n) is 4.97. The second-order valence-electron chi connectivity index (χ2n) is 7.04. The molecule has 3 rings (SSSR count). The van der Waals surface area contributed by atoms with Gasteiger partial charge in [0.15, 0.2) is 6.10 Å². The minimum Gasteiger partial charge on any atom is -0.484 e. The zero-order chi connectivity index (χ0) is 19.1. The van der Waals surface area contributed by atoms with E-state index < -0.39 is 17.3 Å². The highest BCUT2D eigenvalue weighted by atomic mass is 16.6. The van der Waals surface area contributed by atoms with Crippen LogP contribution in [0.25, 0.3) is 0 Å². The Labute approximate surface area is 151 Å². The fourth-order valence-electron chi connectivity index (χ4n) is 2.99. The summed E-state index contributed by atoms with van der Waals surface area (Å²) < 4.78 is 12.0. The molecule has 0 radical (unpaired) electrons. The summed E-state index contributed by atoms with van der Waals surface area (Å²) in [5.74, 6) is 0.774. The van der Waals surface area contributed by atoms with E-state index in [0.717, 1.165) is 0 Å². The molecule has 0 aliphatic carbocycles. The zero-order valence-corrected chi connectivity index (χ0v) is 15.2. The van der Waals surface area contributed by atoms with Crippen molar-refractivity contribution in [3.05, 3.63) is 51.3 Å². The number of hydrogen-bond donors (Lipinski definition) is 2. The van der Waals surface area contributed by atoms with Crippen LogP contribution in [-0.4, -0.2) is 26.5 Å². The van der Waals surface area contributed by atoms with Crippen molar-refractivity contribution in [3.8, 4) is 17.7 Å². The zero-order valence-electron chi connectivity index (χ0n) is 15.2. The van der Waals surface area contributed by atoms with E-state index in [4.69, 9.17) is 9.47 Å². The second kappa shape index (κ2) is 6.15. The average molecular weight is 355 g/mol. The van der Waals surface area contributed by atoms with Crippen molar-refractivity contribution >= 4 is 0 Å². The van der Waals surface area contributed by atoms with Gasteiger partial charge in [0.2, 0.25) is 5.88 Å². The van der Waals surface area contributed by atoms with Crippen LogP contribution in [0.3, 0.4) is 0 Å². The number of H-pyrrole nitrogens is 1. The maximum Gasteiger partial charge on any atom is 0.264 e. The summed E-state index contributed by atoms with van der Waals surface area (Å²) in [5, 5.41) is 26.8. The van der Waals surface area contributed by atoms with Gasteiger partial charge in [0.25, 0.3) is 5.56 Å². The van der Waals surface area contributed by atoms with E-state index >= 15 is 0 Å². The molecule has 0 saturated heterocycles. The third-order valence-corrected chi connectivity index (χ3v) is 4.97. The van der Waals surface area contributed by atoms with E-state index in [2.05, 4.69) is 16.3 Å². The van der Waals surface area contributed by atoms with Crippen LogP contribution in [-0.2, 0) is 6.42 Å². The molecule has 0 bridgehead atoms. The van der Waals surface area contributed by atoms with E-state index in [1.165, 1.54) is 6.07 Å². The molecular weight excluding hydrogens is 334 g/mol. The Bertz CT molecular complexity index is 941. The fraction of sp³-hybridized carbons (Fsp3) is 0.421. The third kappa shape index (κ3) is 2.82. The second-order valence-corrected chi connectivity index (χ2v) is 7.04. The number of nitrogens with one attached hydrogen (secondary N) is 1. The standard InChI is InChI=1S/C19H21N3O4/c1-5-12-9-15(23)21-22-17(12)25-16-13-8-11(10-20)6-7-14(13)26-18(2,3)19(16,4)24/h6-9,16,24H,5H2,1-4H3,(H,21,23). The summed E-state index contributed by atoms with van der Waals surface area (Å²) in [7, 11) is 0. The summed E-state index contributed by atoms with van der Waals surface area (Å²) in [6.45, 7) is 7.05. The summed E-state index contributed by atoms with van der Waals surface area (Å²) in [6, 6.07) is 8.50. The molecule has 2 unspecified atom stereocenters. The number of nitrogens with zero attached hydrogens (tertiary/aromatic N) is 2. The number of aliphatic hydroxyl groups is 1. The Morgan fingerprint density at radius 2 is 2.12 bits per heavy atom. The summed E-state index contributed by atoms with van der Waals surface area (Å²) in [5.41, 5.74) is -1.07. The molecule has 1 aromatic heterocycles. The van der Waals surface area contributed by atoms with Gasteiger partial charge in [-0.1, -0.05) is 6.92 Å². The number of hydrogen-bond acceptors (Lipinski definition) is 6.